The first kappa shape index (κ1) is 20.2. The molecule has 0 bridgehead atoms. The molecule has 26 heavy (non-hydrogen) atoms. The van der Waals surface area contributed by atoms with Crippen molar-refractivity contribution < 1.29 is 38.4 Å². The van der Waals surface area contributed by atoms with Crippen LogP contribution in [0.4, 0.5) is 0 Å². The molecule has 1 aliphatic rings. The normalized spacial score (nSPS) is 28.3. The van der Waals surface area contributed by atoms with Crippen molar-refractivity contribution in [3.63, 3.8) is 0 Å². The molecule has 1 heterocycles. The van der Waals surface area contributed by atoms with Crippen LogP contribution in [0, 0.1) is 0 Å². The van der Waals surface area contributed by atoms with Crippen molar-refractivity contribution >= 4 is 11.9 Å². The molecule has 0 amide bonds. The number of hydrogen-bond donors (Lipinski definition) is 1. The maximum Gasteiger partial charge on any atom is 0.303 e. The zero-order valence-corrected chi connectivity index (χ0v) is 15.2. The van der Waals surface area contributed by atoms with Crippen LogP contribution < -0.4 is 4.74 Å². The fourth-order valence-electron chi connectivity index (χ4n) is 2.77. The molecule has 8 nitrogen and oxygen atoms in total. The molecule has 8 heteroatoms. The summed E-state index contributed by atoms with van der Waals surface area (Å²) in [7, 11) is 1.57. The Morgan fingerprint density at radius 2 is 1.62 bits per heavy atom. The number of esters is 2. The van der Waals surface area contributed by atoms with Gasteiger partial charge in [0.05, 0.1) is 19.8 Å². The molecular weight excluding hydrogens is 344 g/mol. The lowest BCUT2D eigenvalue weighted by Crippen LogP contribution is -2.60. The Morgan fingerprint density at radius 3 is 2.15 bits per heavy atom. The third-order valence-corrected chi connectivity index (χ3v) is 3.95. The summed E-state index contributed by atoms with van der Waals surface area (Å²) < 4.78 is 26.8. The molecule has 0 aliphatic carbocycles. The second kappa shape index (κ2) is 8.98. The molecule has 144 valence electrons. The van der Waals surface area contributed by atoms with Crippen molar-refractivity contribution in [1.29, 1.82) is 0 Å². The Balaban J connectivity index is 2.18. The van der Waals surface area contributed by atoms with E-state index in [9.17, 15) is 14.7 Å². The Morgan fingerprint density at radius 1 is 1.04 bits per heavy atom. The van der Waals surface area contributed by atoms with Gasteiger partial charge in [-0.2, -0.15) is 0 Å². The molecule has 2 rings (SSSR count). The van der Waals surface area contributed by atoms with Crippen molar-refractivity contribution in [2.24, 2.45) is 0 Å². The van der Waals surface area contributed by atoms with Crippen molar-refractivity contribution in [2.45, 2.75) is 58.1 Å². The predicted octanol–water partition coefficient (Wildman–Crippen LogP) is 1.18. The van der Waals surface area contributed by atoms with Crippen molar-refractivity contribution in [3.8, 4) is 5.75 Å². The van der Waals surface area contributed by atoms with Gasteiger partial charge in [-0.25, -0.2) is 0 Å². The van der Waals surface area contributed by atoms with Gasteiger partial charge in [-0.05, 0) is 24.6 Å². The van der Waals surface area contributed by atoms with Gasteiger partial charge in [0.25, 0.3) is 0 Å². The monoisotopic (exact) mass is 368 g/mol. The highest BCUT2D eigenvalue weighted by molar-refractivity contribution is 5.67. The number of aliphatic hydroxyl groups excluding tert-OH is 1. The van der Waals surface area contributed by atoms with Crippen LogP contribution in [-0.4, -0.2) is 54.9 Å². The Bertz CT molecular complexity index is 586. The Hall–Kier alpha value is -2.16. The van der Waals surface area contributed by atoms with Crippen LogP contribution in [0.3, 0.4) is 0 Å². The minimum Gasteiger partial charge on any atom is -0.497 e. The lowest BCUT2D eigenvalue weighted by molar-refractivity contribution is -0.294. The van der Waals surface area contributed by atoms with E-state index in [-0.39, 0.29) is 6.61 Å². The third kappa shape index (κ3) is 5.17. The average molecular weight is 368 g/mol. The number of benzene rings is 1. The van der Waals surface area contributed by atoms with Gasteiger partial charge in [-0.1, -0.05) is 12.1 Å². The zero-order chi connectivity index (χ0) is 19.3. The van der Waals surface area contributed by atoms with Crippen LogP contribution in [0.25, 0.3) is 0 Å². The summed E-state index contributed by atoms with van der Waals surface area (Å²) in [5.41, 5.74) is 0.836. The highest BCUT2D eigenvalue weighted by atomic mass is 16.7. The summed E-state index contributed by atoms with van der Waals surface area (Å²) in [4.78, 5) is 22.8. The molecule has 5 atom stereocenters. The Kier molecular flexibility index (Phi) is 6.96. The van der Waals surface area contributed by atoms with Crippen LogP contribution in [0.2, 0.25) is 0 Å². The van der Waals surface area contributed by atoms with Gasteiger partial charge >= 0.3 is 11.9 Å². The standard InChI is InChI=1S/C18H24O8/c1-10-15(25-11(2)19)16(17(18(21)24-10)26-12(3)20)23-9-13-5-7-14(22-4)8-6-13/h5-8,10,15-18,21H,9H2,1-4H3/t10-,15-,16+,17+,18+/m0/s1. The van der Waals surface area contributed by atoms with E-state index in [4.69, 9.17) is 23.7 Å². The first-order chi connectivity index (χ1) is 12.3. The second-order valence-electron chi connectivity index (χ2n) is 6.00. The van der Waals surface area contributed by atoms with Gasteiger partial charge < -0.3 is 28.8 Å². The average Bonchev–Trinajstić information content (AvgIpc) is 2.58. The highest BCUT2D eigenvalue weighted by Gasteiger charge is 2.48. The minimum absolute atomic E-state index is 0.156. The predicted molar refractivity (Wildman–Crippen MR) is 89.2 cm³/mol. The maximum absolute atomic E-state index is 11.4. The molecular formula is C18H24O8. The molecule has 0 saturated carbocycles. The molecule has 0 unspecified atom stereocenters. The van der Waals surface area contributed by atoms with Crippen molar-refractivity contribution in [2.75, 3.05) is 7.11 Å². The van der Waals surface area contributed by atoms with E-state index in [1.807, 2.05) is 12.1 Å². The van der Waals surface area contributed by atoms with E-state index < -0.39 is 42.6 Å². The largest absolute Gasteiger partial charge is 0.497 e. The summed E-state index contributed by atoms with van der Waals surface area (Å²) in [6, 6.07) is 7.21. The number of methoxy groups -OCH3 is 1. The van der Waals surface area contributed by atoms with Gasteiger partial charge in [0.15, 0.2) is 18.5 Å². The summed E-state index contributed by atoms with van der Waals surface area (Å²) in [5.74, 6) is -0.423. The van der Waals surface area contributed by atoms with Gasteiger partial charge in [0.2, 0.25) is 0 Å². The molecule has 0 radical (unpaired) electrons. The number of carbonyl (C=O) groups is 2. The quantitative estimate of drug-likeness (QED) is 0.747. The number of carbonyl (C=O) groups excluding carboxylic acids is 2. The number of aliphatic hydroxyl groups is 1. The first-order valence-corrected chi connectivity index (χ1v) is 8.24. The first-order valence-electron chi connectivity index (χ1n) is 8.24. The van der Waals surface area contributed by atoms with E-state index in [2.05, 4.69) is 0 Å². The number of ether oxygens (including phenoxy) is 5. The van der Waals surface area contributed by atoms with E-state index in [0.29, 0.717) is 5.75 Å². The Labute approximate surface area is 151 Å². The third-order valence-electron chi connectivity index (χ3n) is 3.95. The van der Waals surface area contributed by atoms with Gasteiger partial charge in [-0.3, -0.25) is 9.59 Å². The lowest BCUT2D eigenvalue weighted by atomic mass is 9.99. The number of rotatable bonds is 6. The van der Waals surface area contributed by atoms with Gasteiger partial charge in [0.1, 0.15) is 11.9 Å². The fourth-order valence-corrected chi connectivity index (χ4v) is 2.77. The van der Waals surface area contributed by atoms with Crippen molar-refractivity contribution in [3.05, 3.63) is 29.8 Å². The molecule has 1 fully saturated rings. The van der Waals surface area contributed by atoms with E-state index in [1.165, 1.54) is 13.8 Å². The highest BCUT2D eigenvalue weighted by Crippen LogP contribution is 2.28. The van der Waals surface area contributed by atoms with Crippen LogP contribution in [-0.2, 0) is 35.1 Å². The summed E-state index contributed by atoms with van der Waals surface area (Å²) in [5, 5.41) is 10.1. The summed E-state index contributed by atoms with van der Waals surface area (Å²) in [6.45, 7) is 4.28. The molecule has 1 N–H and O–H groups in total. The second-order valence-corrected chi connectivity index (χ2v) is 6.00. The van der Waals surface area contributed by atoms with Gasteiger partial charge in [0, 0.05) is 13.8 Å². The molecule has 0 spiro atoms. The summed E-state index contributed by atoms with van der Waals surface area (Å²) in [6.07, 6.45) is -4.86. The van der Waals surface area contributed by atoms with Crippen LogP contribution in [0.1, 0.15) is 26.3 Å². The number of hydrogen-bond acceptors (Lipinski definition) is 8. The van der Waals surface area contributed by atoms with Gasteiger partial charge in [-0.15, -0.1) is 0 Å². The minimum atomic E-state index is -1.39. The molecule has 1 saturated heterocycles. The van der Waals surface area contributed by atoms with Crippen LogP contribution in [0.15, 0.2) is 24.3 Å². The topological polar surface area (TPSA) is 101 Å². The molecule has 1 aliphatic heterocycles. The molecule has 0 aromatic heterocycles. The van der Waals surface area contributed by atoms with Crippen LogP contribution >= 0.6 is 0 Å². The SMILES string of the molecule is COc1ccc(CO[C@@H]2[C@@H](OC(C)=O)[C@H](C)O[C@@H](O)[C@@H]2OC(C)=O)cc1. The molecule has 1 aromatic carbocycles. The molecule has 1 aromatic rings. The van der Waals surface area contributed by atoms with E-state index in [1.54, 1.807) is 26.2 Å². The maximum atomic E-state index is 11.4. The van der Waals surface area contributed by atoms with Crippen molar-refractivity contribution in [1.82, 2.24) is 0 Å². The van der Waals surface area contributed by atoms with Crippen LogP contribution in [0.5, 0.6) is 5.75 Å². The van der Waals surface area contributed by atoms with E-state index >= 15 is 0 Å². The lowest BCUT2D eigenvalue weighted by Gasteiger charge is -2.42. The summed E-state index contributed by atoms with van der Waals surface area (Å²) >= 11 is 0. The zero-order valence-electron chi connectivity index (χ0n) is 15.2. The smallest absolute Gasteiger partial charge is 0.303 e. The fraction of sp³-hybridized carbons (Fsp3) is 0.556. The van der Waals surface area contributed by atoms with E-state index in [0.717, 1.165) is 5.56 Å².